The highest BCUT2D eigenvalue weighted by molar-refractivity contribution is 5.75. The molecule has 0 aromatic rings. The summed E-state index contributed by atoms with van der Waals surface area (Å²) in [6.07, 6.45) is -4.42. The summed E-state index contributed by atoms with van der Waals surface area (Å²) in [5.74, 6) is 0. The summed E-state index contributed by atoms with van der Waals surface area (Å²) in [4.78, 5) is 10.4. The number of nitrogens with one attached hydrogen (secondary N) is 2. The minimum Gasteiger partial charge on any atom is -0.338 e. The van der Waals surface area contributed by atoms with Gasteiger partial charge in [-0.25, -0.2) is 4.79 Å². The fourth-order valence-corrected chi connectivity index (χ4v) is 0.857. The lowest BCUT2D eigenvalue weighted by Gasteiger charge is -2.25. The molecule has 1 rings (SSSR count). The molecule has 0 aliphatic carbocycles. The standard InChI is InChI=1S/C5H7F3N2O/c6-5(7,8)3-1-2-9-4(11)10-3/h3H,1-2H2,(H2,9,10,11)/t3-/m1/s1. The van der Waals surface area contributed by atoms with Gasteiger partial charge in [0, 0.05) is 6.54 Å². The maximum Gasteiger partial charge on any atom is 0.408 e. The van der Waals surface area contributed by atoms with Crippen LogP contribution < -0.4 is 10.6 Å². The van der Waals surface area contributed by atoms with Crippen molar-refractivity contribution >= 4 is 6.03 Å². The van der Waals surface area contributed by atoms with E-state index in [-0.39, 0.29) is 13.0 Å². The number of carbonyl (C=O) groups is 1. The number of carbonyl (C=O) groups excluding carboxylic acids is 1. The van der Waals surface area contributed by atoms with E-state index in [9.17, 15) is 18.0 Å². The molecule has 0 radical (unpaired) electrons. The highest BCUT2D eigenvalue weighted by Crippen LogP contribution is 2.22. The molecule has 0 aromatic carbocycles. The lowest BCUT2D eigenvalue weighted by Crippen LogP contribution is -2.55. The van der Waals surface area contributed by atoms with Crippen molar-refractivity contribution in [2.24, 2.45) is 0 Å². The van der Waals surface area contributed by atoms with Crippen LogP contribution in [0.15, 0.2) is 0 Å². The molecule has 0 spiro atoms. The van der Waals surface area contributed by atoms with Crippen molar-refractivity contribution < 1.29 is 18.0 Å². The second-order valence-electron chi connectivity index (χ2n) is 2.28. The van der Waals surface area contributed by atoms with Crippen molar-refractivity contribution in [3.8, 4) is 0 Å². The zero-order chi connectivity index (χ0) is 8.48. The number of urea groups is 1. The lowest BCUT2D eigenvalue weighted by atomic mass is 10.2. The van der Waals surface area contributed by atoms with Gasteiger partial charge in [0.1, 0.15) is 6.04 Å². The van der Waals surface area contributed by atoms with E-state index < -0.39 is 18.2 Å². The van der Waals surface area contributed by atoms with E-state index in [0.717, 1.165) is 0 Å². The first kappa shape index (κ1) is 8.16. The fraction of sp³-hybridized carbons (Fsp3) is 0.800. The molecule has 1 aliphatic rings. The van der Waals surface area contributed by atoms with E-state index in [4.69, 9.17) is 0 Å². The number of hydrogen-bond donors (Lipinski definition) is 2. The molecule has 1 heterocycles. The van der Waals surface area contributed by atoms with Gasteiger partial charge in [0.15, 0.2) is 0 Å². The lowest BCUT2D eigenvalue weighted by molar-refractivity contribution is -0.155. The molecule has 1 atom stereocenters. The van der Waals surface area contributed by atoms with E-state index in [1.54, 1.807) is 5.32 Å². The van der Waals surface area contributed by atoms with E-state index >= 15 is 0 Å². The molecule has 1 fully saturated rings. The second kappa shape index (κ2) is 2.60. The minimum atomic E-state index is -4.32. The summed E-state index contributed by atoms with van der Waals surface area (Å²) in [6, 6.07) is -2.44. The van der Waals surface area contributed by atoms with Crippen LogP contribution >= 0.6 is 0 Å². The number of amides is 2. The van der Waals surface area contributed by atoms with Crippen molar-refractivity contribution in [1.29, 1.82) is 0 Å². The van der Waals surface area contributed by atoms with Gasteiger partial charge >= 0.3 is 12.2 Å². The number of rotatable bonds is 0. The van der Waals surface area contributed by atoms with Gasteiger partial charge < -0.3 is 10.6 Å². The van der Waals surface area contributed by atoms with Crippen LogP contribution in [-0.4, -0.2) is 24.8 Å². The maximum atomic E-state index is 11.9. The fourth-order valence-electron chi connectivity index (χ4n) is 0.857. The van der Waals surface area contributed by atoms with Crippen LogP contribution in [0.5, 0.6) is 0 Å². The minimum absolute atomic E-state index is 0.0794. The van der Waals surface area contributed by atoms with Crippen molar-refractivity contribution in [3.63, 3.8) is 0 Å². The second-order valence-corrected chi connectivity index (χ2v) is 2.28. The van der Waals surface area contributed by atoms with E-state index in [1.807, 2.05) is 0 Å². The third-order valence-corrected chi connectivity index (χ3v) is 1.42. The Morgan fingerprint density at radius 3 is 2.45 bits per heavy atom. The molecule has 1 aliphatic heterocycles. The number of alkyl halides is 3. The number of halogens is 3. The summed E-state index contributed by atoms with van der Waals surface area (Å²) in [5, 5.41) is 4.02. The molecule has 3 nitrogen and oxygen atoms in total. The summed E-state index contributed by atoms with van der Waals surface area (Å²) < 4.78 is 35.6. The van der Waals surface area contributed by atoms with E-state index in [1.165, 1.54) is 0 Å². The van der Waals surface area contributed by atoms with Gasteiger partial charge in [0.2, 0.25) is 0 Å². The van der Waals surface area contributed by atoms with E-state index in [0.29, 0.717) is 0 Å². The van der Waals surface area contributed by atoms with Gasteiger partial charge in [-0.2, -0.15) is 13.2 Å². The molecule has 11 heavy (non-hydrogen) atoms. The molecule has 64 valence electrons. The molecule has 1 saturated heterocycles. The summed E-state index contributed by atoms with van der Waals surface area (Å²) in [7, 11) is 0. The zero-order valence-corrected chi connectivity index (χ0v) is 5.53. The van der Waals surface area contributed by atoms with Crippen LogP contribution in [-0.2, 0) is 0 Å². The molecule has 0 saturated carbocycles. The Kier molecular flexibility index (Phi) is 1.92. The third kappa shape index (κ3) is 1.99. The van der Waals surface area contributed by atoms with E-state index in [2.05, 4.69) is 5.32 Å². The van der Waals surface area contributed by atoms with Gasteiger partial charge in [0.05, 0.1) is 0 Å². The first-order valence-electron chi connectivity index (χ1n) is 3.11. The van der Waals surface area contributed by atoms with Gasteiger partial charge in [-0.1, -0.05) is 0 Å². The van der Waals surface area contributed by atoms with Crippen molar-refractivity contribution in [2.45, 2.75) is 18.6 Å². The first-order chi connectivity index (χ1) is 5.00. The smallest absolute Gasteiger partial charge is 0.338 e. The normalized spacial score (nSPS) is 25.7. The molecule has 0 bridgehead atoms. The van der Waals surface area contributed by atoms with Crippen molar-refractivity contribution in [2.75, 3.05) is 6.54 Å². The Balaban J connectivity index is 2.53. The van der Waals surface area contributed by atoms with Gasteiger partial charge in [-0.3, -0.25) is 0 Å². The van der Waals surface area contributed by atoms with Gasteiger partial charge in [0.25, 0.3) is 0 Å². The highest BCUT2D eigenvalue weighted by Gasteiger charge is 2.41. The van der Waals surface area contributed by atoms with Crippen LogP contribution in [0.4, 0.5) is 18.0 Å². The Labute approximate surface area is 61.0 Å². The molecule has 6 heteroatoms. The average molecular weight is 168 g/mol. The Morgan fingerprint density at radius 2 is 2.09 bits per heavy atom. The van der Waals surface area contributed by atoms with Crippen LogP contribution in [0.2, 0.25) is 0 Å². The van der Waals surface area contributed by atoms with Crippen LogP contribution in [0, 0.1) is 0 Å². The molecule has 2 N–H and O–H groups in total. The van der Waals surface area contributed by atoms with Crippen LogP contribution in [0.3, 0.4) is 0 Å². The monoisotopic (exact) mass is 168 g/mol. The van der Waals surface area contributed by atoms with Crippen molar-refractivity contribution in [3.05, 3.63) is 0 Å². The Morgan fingerprint density at radius 1 is 1.45 bits per heavy atom. The summed E-state index contributed by atoms with van der Waals surface area (Å²) in [5.41, 5.74) is 0. The van der Waals surface area contributed by atoms with Gasteiger partial charge in [-0.05, 0) is 6.42 Å². The first-order valence-corrected chi connectivity index (χ1v) is 3.11. The van der Waals surface area contributed by atoms with Gasteiger partial charge in [-0.15, -0.1) is 0 Å². The molecule has 0 aromatic heterocycles. The highest BCUT2D eigenvalue weighted by atomic mass is 19.4. The molecular weight excluding hydrogens is 161 g/mol. The predicted molar refractivity (Wildman–Crippen MR) is 31.0 cm³/mol. The molecule has 0 unspecified atom stereocenters. The largest absolute Gasteiger partial charge is 0.408 e. The summed E-state index contributed by atoms with van der Waals surface area (Å²) >= 11 is 0. The maximum absolute atomic E-state index is 11.9. The third-order valence-electron chi connectivity index (χ3n) is 1.42. The van der Waals surface area contributed by atoms with Crippen LogP contribution in [0.25, 0.3) is 0 Å². The SMILES string of the molecule is O=C1NCC[C@H](C(F)(F)F)N1. The average Bonchev–Trinajstić information content (AvgIpc) is 1.86. The quantitative estimate of drug-likeness (QED) is 0.547. The predicted octanol–water partition coefficient (Wildman–Crippen LogP) is 0.620. The van der Waals surface area contributed by atoms with Crippen LogP contribution in [0.1, 0.15) is 6.42 Å². The van der Waals surface area contributed by atoms with Crippen molar-refractivity contribution in [1.82, 2.24) is 10.6 Å². The molecular formula is C5H7F3N2O. The zero-order valence-electron chi connectivity index (χ0n) is 5.53. The topological polar surface area (TPSA) is 41.1 Å². The number of hydrogen-bond acceptors (Lipinski definition) is 1. The Bertz CT molecular complexity index is 168. The summed E-state index contributed by atoms with van der Waals surface area (Å²) in [6.45, 7) is 0.0794. The molecule has 2 amide bonds. The Hall–Kier alpha value is -0.940.